The Bertz CT molecular complexity index is 459. The van der Waals surface area contributed by atoms with E-state index in [-0.39, 0.29) is 0 Å². The van der Waals surface area contributed by atoms with Crippen molar-refractivity contribution in [2.24, 2.45) is 46.3 Å². The van der Waals surface area contributed by atoms with E-state index in [1.807, 2.05) is 0 Å². The van der Waals surface area contributed by atoms with Crippen LogP contribution in [-0.4, -0.2) is 26.2 Å². The quantitative estimate of drug-likeness (QED) is 0.667. The van der Waals surface area contributed by atoms with E-state index in [2.05, 4.69) is 24.5 Å². The highest BCUT2D eigenvalue weighted by Gasteiger charge is 2.54. The third kappa shape index (κ3) is 3.00. The second kappa shape index (κ2) is 6.23. The Morgan fingerprint density at radius 3 is 2.04 bits per heavy atom. The first-order valence-corrected chi connectivity index (χ1v) is 11.5. The summed E-state index contributed by atoms with van der Waals surface area (Å²) in [6.45, 7) is 9.94. The first-order valence-electron chi connectivity index (χ1n) is 11.5. The van der Waals surface area contributed by atoms with Crippen LogP contribution in [0.5, 0.6) is 0 Å². The van der Waals surface area contributed by atoms with Gasteiger partial charge < -0.3 is 10.6 Å². The zero-order valence-electron chi connectivity index (χ0n) is 16.7. The summed E-state index contributed by atoms with van der Waals surface area (Å²) in [6, 6.07) is 0. The number of rotatable bonds is 7. The summed E-state index contributed by atoms with van der Waals surface area (Å²) in [4.78, 5) is 0. The molecule has 0 heterocycles. The van der Waals surface area contributed by atoms with E-state index in [0.29, 0.717) is 10.8 Å². The third-order valence-electron chi connectivity index (χ3n) is 9.55. The smallest absolute Gasteiger partial charge is 0.00769 e. The molecule has 7 saturated carbocycles. The van der Waals surface area contributed by atoms with Crippen molar-refractivity contribution in [2.75, 3.05) is 26.2 Å². The normalized spacial score (nSPS) is 49.2. The summed E-state index contributed by atoms with van der Waals surface area (Å²) < 4.78 is 0. The lowest BCUT2D eigenvalue weighted by Gasteiger charge is -2.60. The highest BCUT2D eigenvalue weighted by molar-refractivity contribution is 5.04. The molecule has 0 aromatic carbocycles. The average molecular weight is 345 g/mol. The minimum atomic E-state index is 0.640. The van der Waals surface area contributed by atoms with E-state index in [4.69, 9.17) is 0 Å². The standard InChI is InChI=1S/C23H40N2/c1-22(2)20-4-3-19(21(22)10-20)14-24-5-6-25-15-23-11-16-7-17(12-23)9-18(8-16)13-23/h16-21,24-25H,3-15H2,1-2H3/t16?,17?,18?,19-,20-,21-,23?/m0/s1. The van der Waals surface area contributed by atoms with E-state index in [9.17, 15) is 0 Å². The van der Waals surface area contributed by atoms with E-state index < -0.39 is 0 Å². The van der Waals surface area contributed by atoms with Gasteiger partial charge in [-0.1, -0.05) is 13.8 Å². The average Bonchev–Trinajstić information content (AvgIpc) is 2.56. The molecule has 0 aliphatic heterocycles. The SMILES string of the molecule is CC1(C)[C@H]2CC[C@@H](CNCCNCC34CC5CC(CC(C5)C3)C4)[C@@H]1C2. The molecule has 0 amide bonds. The fourth-order valence-electron chi connectivity index (χ4n) is 8.53. The van der Waals surface area contributed by atoms with Crippen molar-refractivity contribution < 1.29 is 0 Å². The van der Waals surface area contributed by atoms with Crippen molar-refractivity contribution in [1.82, 2.24) is 10.6 Å². The van der Waals surface area contributed by atoms with Crippen LogP contribution in [0, 0.1) is 46.3 Å². The molecule has 7 rings (SSSR count). The van der Waals surface area contributed by atoms with Crippen molar-refractivity contribution in [3.63, 3.8) is 0 Å². The van der Waals surface area contributed by atoms with Gasteiger partial charge in [-0.25, -0.2) is 0 Å². The molecule has 0 aromatic rings. The van der Waals surface area contributed by atoms with Gasteiger partial charge in [-0.3, -0.25) is 0 Å². The molecule has 7 fully saturated rings. The largest absolute Gasteiger partial charge is 0.315 e. The van der Waals surface area contributed by atoms with Crippen molar-refractivity contribution in [2.45, 2.75) is 71.6 Å². The summed E-state index contributed by atoms with van der Waals surface area (Å²) >= 11 is 0. The maximum Gasteiger partial charge on any atom is 0.00769 e. The number of hydrogen-bond acceptors (Lipinski definition) is 2. The van der Waals surface area contributed by atoms with Crippen LogP contribution in [0.2, 0.25) is 0 Å². The molecule has 2 N–H and O–H groups in total. The highest BCUT2D eigenvalue weighted by Crippen LogP contribution is 2.61. The Labute approximate surface area is 155 Å². The molecule has 7 aliphatic rings. The van der Waals surface area contributed by atoms with Gasteiger partial charge in [0.2, 0.25) is 0 Å². The van der Waals surface area contributed by atoms with Crippen LogP contribution in [0.3, 0.4) is 0 Å². The molecule has 0 unspecified atom stereocenters. The lowest BCUT2D eigenvalue weighted by atomic mass is 9.45. The lowest BCUT2D eigenvalue weighted by Crippen LogP contribution is -2.54. The minimum absolute atomic E-state index is 0.640. The van der Waals surface area contributed by atoms with Gasteiger partial charge in [0.1, 0.15) is 0 Å². The molecule has 2 nitrogen and oxygen atoms in total. The van der Waals surface area contributed by atoms with Gasteiger partial charge in [0.05, 0.1) is 0 Å². The fraction of sp³-hybridized carbons (Fsp3) is 1.00. The Balaban J connectivity index is 1.01. The molecule has 0 spiro atoms. The first kappa shape index (κ1) is 17.0. The number of nitrogens with one attached hydrogen (secondary N) is 2. The van der Waals surface area contributed by atoms with Gasteiger partial charge in [-0.2, -0.15) is 0 Å². The van der Waals surface area contributed by atoms with E-state index >= 15 is 0 Å². The fourth-order valence-corrected chi connectivity index (χ4v) is 8.53. The zero-order valence-corrected chi connectivity index (χ0v) is 16.7. The van der Waals surface area contributed by atoms with Crippen LogP contribution in [-0.2, 0) is 0 Å². The molecular formula is C23H40N2. The topological polar surface area (TPSA) is 24.1 Å². The predicted octanol–water partition coefficient (Wildman–Crippen LogP) is 4.45. The van der Waals surface area contributed by atoms with Gasteiger partial charge in [-0.05, 0) is 111 Å². The molecular weight excluding hydrogens is 304 g/mol. The van der Waals surface area contributed by atoms with Gasteiger partial charge in [0.25, 0.3) is 0 Å². The van der Waals surface area contributed by atoms with E-state index in [1.165, 1.54) is 45.4 Å². The van der Waals surface area contributed by atoms with Gasteiger partial charge >= 0.3 is 0 Å². The summed E-state index contributed by atoms with van der Waals surface area (Å²) in [7, 11) is 0. The van der Waals surface area contributed by atoms with Gasteiger partial charge in [0, 0.05) is 19.6 Å². The van der Waals surface area contributed by atoms with Crippen molar-refractivity contribution in [3.8, 4) is 0 Å². The zero-order chi connectivity index (χ0) is 17.1. The van der Waals surface area contributed by atoms with Crippen LogP contribution in [0.25, 0.3) is 0 Å². The monoisotopic (exact) mass is 344 g/mol. The summed E-state index contributed by atoms with van der Waals surface area (Å²) in [5, 5.41) is 7.65. The molecule has 2 heteroatoms. The maximum atomic E-state index is 3.85. The van der Waals surface area contributed by atoms with Crippen LogP contribution in [0.1, 0.15) is 71.6 Å². The molecule has 142 valence electrons. The van der Waals surface area contributed by atoms with Crippen molar-refractivity contribution in [3.05, 3.63) is 0 Å². The van der Waals surface area contributed by atoms with Gasteiger partial charge in [0.15, 0.2) is 0 Å². The molecule has 3 atom stereocenters. The Hall–Kier alpha value is -0.0800. The van der Waals surface area contributed by atoms with Crippen LogP contribution in [0.15, 0.2) is 0 Å². The molecule has 6 bridgehead atoms. The van der Waals surface area contributed by atoms with Crippen molar-refractivity contribution >= 4 is 0 Å². The highest BCUT2D eigenvalue weighted by atomic mass is 15.0. The summed E-state index contributed by atoms with van der Waals surface area (Å²) in [5.74, 6) is 6.25. The van der Waals surface area contributed by atoms with Crippen molar-refractivity contribution in [1.29, 1.82) is 0 Å². The molecule has 0 radical (unpaired) electrons. The second-order valence-electron chi connectivity index (χ2n) is 11.5. The Morgan fingerprint density at radius 1 is 0.800 bits per heavy atom. The molecule has 7 aliphatic carbocycles. The lowest BCUT2D eigenvalue weighted by molar-refractivity contribution is -0.103. The molecule has 0 aromatic heterocycles. The van der Waals surface area contributed by atoms with Gasteiger partial charge in [-0.15, -0.1) is 0 Å². The van der Waals surface area contributed by atoms with Crippen LogP contribution < -0.4 is 10.6 Å². The molecule has 25 heavy (non-hydrogen) atoms. The van der Waals surface area contributed by atoms with E-state index in [0.717, 1.165) is 35.5 Å². The Morgan fingerprint density at radius 2 is 1.44 bits per heavy atom. The first-order chi connectivity index (χ1) is 12.0. The third-order valence-corrected chi connectivity index (χ3v) is 9.55. The Kier molecular flexibility index (Phi) is 4.25. The number of hydrogen-bond donors (Lipinski definition) is 2. The summed E-state index contributed by atoms with van der Waals surface area (Å²) in [5.41, 5.74) is 1.34. The minimum Gasteiger partial charge on any atom is -0.315 e. The summed E-state index contributed by atoms with van der Waals surface area (Å²) in [6.07, 6.45) is 13.8. The predicted molar refractivity (Wildman–Crippen MR) is 104 cm³/mol. The maximum absolute atomic E-state index is 3.85. The van der Waals surface area contributed by atoms with Crippen LogP contribution in [0.4, 0.5) is 0 Å². The van der Waals surface area contributed by atoms with Crippen LogP contribution >= 0.6 is 0 Å². The van der Waals surface area contributed by atoms with E-state index in [1.54, 1.807) is 38.5 Å². The number of fused-ring (bicyclic) bond motifs is 2. The molecule has 0 saturated heterocycles. The second-order valence-corrected chi connectivity index (χ2v) is 11.5.